The van der Waals surface area contributed by atoms with E-state index in [0.29, 0.717) is 17.9 Å². The minimum absolute atomic E-state index is 0.122. The van der Waals surface area contributed by atoms with Crippen molar-refractivity contribution in [1.29, 1.82) is 0 Å². The van der Waals surface area contributed by atoms with Gasteiger partial charge in [0.15, 0.2) is 5.82 Å². The van der Waals surface area contributed by atoms with Crippen LogP contribution in [0.1, 0.15) is 56.5 Å². The van der Waals surface area contributed by atoms with Gasteiger partial charge in [-0.15, -0.1) is 0 Å². The summed E-state index contributed by atoms with van der Waals surface area (Å²) in [4.78, 5) is 17.8. The average molecular weight is 251 g/mol. The van der Waals surface area contributed by atoms with Crippen LogP contribution in [0.25, 0.3) is 0 Å². The molecule has 1 aliphatic heterocycles. The van der Waals surface area contributed by atoms with Gasteiger partial charge in [-0.3, -0.25) is 9.69 Å². The number of carbonyl (C=O) groups is 1. The Morgan fingerprint density at radius 3 is 2.89 bits per heavy atom. The van der Waals surface area contributed by atoms with E-state index in [1.165, 1.54) is 26.2 Å². The van der Waals surface area contributed by atoms with Gasteiger partial charge in [0.25, 0.3) is 5.89 Å². The van der Waals surface area contributed by atoms with Crippen molar-refractivity contribution in [1.82, 2.24) is 15.0 Å². The lowest BCUT2D eigenvalue weighted by atomic mass is 9.97. The molecule has 1 aromatic rings. The Morgan fingerprint density at radius 2 is 2.28 bits per heavy atom. The second kappa shape index (κ2) is 5.61. The Balaban J connectivity index is 2.03. The summed E-state index contributed by atoms with van der Waals surface area (Å²) in [6.45, 7) is 7.02. The molecule has 0 N–H and O–H groups in total. The van der Waals surface area contributed by atoms with E-state index in [2.05, 4.69) is 28.9 Å². The smallest absolute Gasteiger partial charge is 0.293 e. The molecule has 0 aliphatic carbocycles. The Morgan fingerprint density at radius 1 is 1.50 bits per heavy atom. The molecule has 2 rings (SSSR count). The van der Waals surface area contributed by atoms with Gasteiger partial charge in [0.1, 0.15) is 0 Å². The number of hydrogen-bond donors (Lipinski definition) is 0. The first-order valence-corrected chi connectivity index (χ1v) is 6.67. The van der Waals surface area contributed by atoms with E-state index in [9.17, 15) is 4.79 Å². The Hall–Kier alpha value is -1.23. The van der Waals surface area contributed by atoms with Gasteiger partial charge < -0.3 is 4.52 Å². The van der Waals surface area contributed by atoms with Gasteiger partial charge in [0.2, 0.25) is 5.78 Å². The first kappa shape index (κ1) is 13.2. The Bertz CT molecular complexity index is 414. The second-order valence-corrected chi connectivity index (χ2v) is 5.26. The fourth-order valence-corrected chi connectivity index (χ4v) is 2.61. The first-order chi connectivity index (χ1) is 8.58. The van der Waals surface area contributed by atoms with Crippen LogP contribution in [0.2, 0.25) is 0 Å². The third kappa shape index (κ3) is 2.96. The van der Waals surface area contributed by atoms with Gasteiger partial charge in [0.05, 0.1) is 0 Å². The minimum Gasteiger partial charge on any atom is -0.331 e. The molecule has 1 saturated heterocycles. The molecule has 2 heterocycles. The SMILES string of the molecule is CC(=O)c1nc(CC2CCCCN2C(C)C)no1. The Labute approximate surface area is 108 Å². The zero-order chi connectivity index (χ0) is 13.1. The molecule has 1 atom stereocenters. The molecule has 0 saturated carbocycles. The average Bonchev–Trinajstić information content (AvgIpc) is 2.78. The number of hydrogen-bond acceptors (Lipinski definition) is 5. The van der Waals surface area contributed by atoms with Crippen LogP contribution in [0.3, 0.4) is 0 Å². The van der Waals surface area contributed by atoms with Gasteiger partial charge in [-0.25, -0.2) is 0 Å². The molecule has 18 heavy (non-hydrogen) atoms. The van der Waals surface area contributed by atoms with E-state index < -0.39 is 0 Å². The molecule has 0 amide bonds. The summed E-state index contributed by atoms with van der Waals surface area (Å²) in [5.41, 5.74) is 0. The molecular weight excluding hydrogens is 230 g/mol. The first-order valence-electron chi connectivity index (χ1n) is 6.67. The van der Waals surface area contributed by atoms with Crippen molar-refractivity contribution >= 4 is 5.78 Å². The minimum atomic E-state index is -0.168. The van der Waals surface area contributed by atoms with Crippen LogP contribution < -0.4 is 0 Å². The van der Waals surface area contributed by atoms with Crippen molar-refractivity contribution < 1.29 is 9.32 Å². The molecule has 1 aromatic heterocycles. The number of carbonyl (C=O) groups excluding carboxylic acids is 1. The fraction of sp³-hybridized carbons (Fsp3) is 0.769. The lowest BCUT2D eigenvalue weighted by molar-refractivity contribution is 0.0972. The summed E-state index contributed by atoms with van der Waals surface area (Å²) in [6.07, 6.45) is 4.46. The lowest BCUT2D eigenvalue weighted by Crippen LogP contribution is -2.45. The van der Waals surface area contributed by atoms with Gasteiger partial charge in [-0.1, -0.05) is 11.6 Å². The molecule has 0 spiro atoms. The molecule has 1 aliphatic rings. The summed E-state index contributed by atoms with van der Waals surface area (Å²) in [5.74, 6) is 0.604. The maximum absolute atomic E-state index is 11.1. The van der Waals surface area contributed by atoms with Crippen LogP contribution in [-0.4, -0.2) is 39.5 Å². The predicted molar refractivity (Wildman–Crippen MR) is 67.5 cm³/mol. The van der Waals surface area contributed by atoms with Crippen molar-refractivity contribution in [3.63, 3.8) is 0 Å². The molecule has 5 heteroatoms. The van der Waals surface area contributed by atoms with Crippen LogP contribution >= 0.6 is 0 Å². The number of nitrogens with zero attached hydrogens (tertiary/aromatic N) is 3. The molecule has 0 bridgehead atoms. The summed E-state index contributed by atoms with van der Waals surface area (Å²) >= 11 is 0. The van der Waals surface area contributed by atoms with Crippen molar-refractivity contribution in [2.75, 3.05) is 6.54 Å². The molecule has 1 fully saturated rings. The summed E-state index contributed by atoms with van der Waals surface area (Å²) in [6, 6.07) is 1.01. The van der Waals surface area contributed by atoms with E-state index in [0.717, 1.165) is 13.0 Å². The predicted octanol–water partition coefficient (Wildman–Crippen LogP) is 2.08. The molecule has 0 aromatic carbocycles. The van der Waals surface area contributed by atoms with Crippen molar-refractivity contribution in [3.05, 3.63) is 11.7 Å². The van der Waals surface area contributed by atoms with E-state index in [-0.39, 0.29) is 11.7 Å². The molecule has 100 valence electrons. The maximum atomic E-state index is 11.1. The van der Waals surface area contributed by atoms with Crippen LogP contribution in [0.4, 0.5) is 0 Å². The quantitative estimate of drug-likeness (QED) is 0.767. The van der Waals surface area contributed by atoms with Crippen LogP contribution in [-0.2, 0) is 6.42 Å². The summed E-state index contributed by atoms with van der Waals surface area (Å²) in [5, 5.41) is 3.89. The van der Waals surface area contributed by atoms with E-state index in [1.54, 1.807) is 0 Å². The van der Waals surface area contributed by atoms with Crippen LogP contribution in [0.5, 0.6) is 0 Å². The van der Waals surface area contributed by atoms with E-state index in [1.807, 2.05) is 0 Å². The third-order valence-corrected chi connectivity index (χ3v) is 3.52. The van der Waals surface area contributed by atoms with Gasteiger partial charge in [-0.2, -0.15) is 4.98 Å². The van der Waals surface area contributed by atoms with Gasteiger partial charge in [-0.05, 0) is 33.2 Å². The lowest BCUT2D eigenvalue weighted by Gasteiger charge is -2.38. The van der Waals surface area contributed by atoms with E-state index >= 15 is 0 Å². The fourth-order valence-electron chi connectivity index (χ4n) is 2.61. The number of rotatable bonds is 4. The van der Waals surface area contributed by atoms with E-state index in [4.69, 9.17) is 4.52 Å². The highest BCUT2D eigenvalue weighted by Crippen LogP contribution is 2.22. The van der Waals surface area contributed by atoms with Crippen LogP contribution in [0, 0.1) is 0 Å². The van der Waals surface area contributed by atoms with Crippen molar-refractivity contribution in [3.8, 4) is 0 Å². The highest BCUT2D eigenvalue weighted by molar-refractivity contribution is 5.89. The number of aromatic nitrogens is 2. The molecule has 0 radical (unpaired) electrons. The number of piperidine rings is 1. The summed E-state index contributed by atoms with van der Waals surface area (Å²) in [7, 11) is 0. The second-order valence-electron chi connectivity index (χ2n) is 5.26. The van der Waals surface area contributed by atoms with Crippen LogP contribution in [0.15, 0.2) is 4.52 Å². The molecular formula is C13H21N3O2. The molecule has 5 nitrogen and oxygen atoms in total. The van der Waals surface area contributed by atoms with Crippen molar-refractivity contribution in [2.24, 2.45) is 0 Å². The van der Waals surface area contributed by atoms with Gasteiger partial charge in [0, 0.05) is 25.4 Å². The zero-order valence-corrected chi connectivity index (χ0v) is 11.3. The number of likely N-dealkylation sites (tertiary alicyclic amines) is 1. The molecule has 1 unspecified atom stereocenters. The summed E-state index contributed by atoms with van der Waals surface area (Å²) < 4.78 is 4.93. The highest BCUT2D eigenvalue weighted by Gasteiger charge is 2.26. The number of ketones is 1. The largest absolute Gasteiger partial charge is 0.331 e. The normalized spacial score (nSPS) is 21.4. The van der Waals surface area contributed by atoms with Gasteiger partial charge >= 0.3 is 0 Å². The van der Waals surface area contributed by atoms with Crippen molar-refractivity contribution in [2.45, 2.75) is 58.5 Å². The third-order valence-electron chi connectivity index (χ3n) is 3.52. The number of Topliss-reactive ketones (excluding diaryl/α,β-unsaturated/α-hetero) is 1. The highest BCUT2D eigenvalue weighted by atomic mass is 16.5. The standard InChI is InChI=1S/C13H21N3O2/c1-9(2)16-7-5-4-6-11(16)8-12-14-13(10(3)17)18-15-12/h9,11H,4-8H2,1-3H3. The topological polar surface area (TPSA) is 59.2 Å². The zero-order valence-electron chi connectivity index (χ0n) is 11.3. The monoisotopic (exact) mass is 251 g/mol. The maximum Gasteiger partial charge on any atom is 0.293 e. The Kier molecular flexibility index (Phi) is 4.11.